The van der Waals surface area contributed by atoms with Crippen molar-refractivity contribution in [2.75, 3.05) is 4.90 Å². The summed E-state index contributed by atoms with van der Waals surface area (Å²) in [5.41, 5.74) is 0.419. The molecule has 1 saturated heterocycles. The molecule has 1 atom stereocenters. The SMILES string of the molecule is O=C1CC(N(Cc2ccco2)S(=O)(=O)c2ccccc2)C(=O)N1c1ccc(I)cc1. The second-order valence-corrected chi connectivity index (χ2v) is 9.84. The van der Waals surface area contributed by atoms with Gasteiger partial charge in [0.05, 0.1) is 29.8 Å². The van der Waals surface area contributed by atoms with E-state index in [0.717, 1.165) is 12.8 Å². The van der Waals surface area contributed by atoms with Crippen LogP contribution in [-0.2, 0) is 26.2 Å². The van der Waals surface area contributed by atoms with Crippen LogP contribution in [-0.4, -0.2) is 30.6 Å². The molecule has 0 aliphatic carbocycles. The third kappa shape index (κ3) is 3.92. The summed E-state index contributed by atoms with van der Waals surface area (Å²) in [6.07, 6.45) is 1.19. The van der Waals surface area contributed by atoms with Crippen molar-refractivity contribution in [2.45, 2.75) is 23.9 Å². The molecule has 3 aromatic rings. The van der Waals surface area contributed by atoms with Crippen molar-refractivity contribution in [3.05, 3.63) is 82.3 Å². The summed E-state index contributed by atoms with van der Waals surface area (Å²) < 4.78 is 34.1. The first-order valence-corrected chi connectivity index (χ1v) is 11.6. The van der Waals surface area contributed by atoms with Crippen molar-refractivity contribution in [3.63, 3.8) is 0 Å². The van der Waals surface area contributed by atoms with Gasteiger partial charge in [0.1, 0.15) is 11.8 Å². The van der Waals surface area contributed by atoms with E-state index in [-0.39, 0.29) is 17.9 Å². The number of sulfonamides is 1. The molecule has 1 aromatic heterocycles. The minimum absolute atomic E-state index is 0.0459. The average molecular weight is 536 g/mol. The van der Waals surface area contributed by atoms with Gasteiger partial charge in [-0.3, -0.25) is 9.59 Å². The smallest absolute Gasteiger partial charge is 0.252 e. The molecule has 2 heterocycles. The van der Waals surface area contributed by atoms with Crippen LogP contribution in [0.2, 0.25) is 0 Å². The fourth-order valence-corrected chi connectivity index (χ4v) is 5.28. The lowest BCUT2D eigenvalue weighted by atomic mass is 10.2. The Morgan fingerprint density at radius 1 is 1.00 bits per heavy atom. The summed E-state index contributed by atoms with van der Waals surface area (Å²) in [5.74, 6) is -0.645. The maximum absolute atomic E-state index is 13.4. The molecule has 9 heteroatoms. The van der Waals surface area contributed by atoms with Crippen molar-refractivity contribution in [2.24, 2.45) is 0 Å². The highest BCUT2D eigenvalue weighted by Gasteiger charge is 2.47. The molecule has 0 saturated carbocycles. The fraction of sp³-hybridized carbons (Fsp3) is 0.143. The number of anilines is 1. The molecule has 0 spiro atoms. The molecule has 2 aromatic carbocycles. The number of carbonyl (C=O) groups is 2. The molecule has 0 bridgehead atoms. The number of amides is 2. The van der Waals surface area contributed by atoms with Crippen LogP contribution >= 0.6 is 22.6 Å². The molecule has 154 valence electrons. The number of nitrogens with zero attached hydrogens (tertiary/aromatic N) is 2. The van der Waals surface area contributed by atoms with Crippen molar-refractivity contribution >= 4 is 50.1 Å². The molecule has 0 N–H and O–H groups in total. The van der Waals surface area contributed by atoms with Gasteiger partial charge in [0.25, 0.3) is 5.91 Å². The van der Waals surface area contributed by atoms with Crippen molar-refractivity contribution in [3.8, 4) is 0 Å². The number of hydrogen-bond acceptors (Lipinski definition) is 5. The third-order valence-electron chi connectivity index (χ3n) is 4.80. The number of furan rings is 1. The molecule has 1 fully saturated rings. The predicted molar refractivity (Wildman–Crippen MR) is 118 cm³/mol. The lowest BCUT2D eigenvalue weighted by Crippen LogP contribution is -2.45. The third-order valence-corrected chi connectivity index (χ3v) is 7.38. The highest BCUT2D eigenvalue weighted by molar-refractivity contribution is 14.1. The summed E-state index contributed by atoms with van der Waals surface area (Å²) in [7, 11) is -4.06. The Hall–Kier alpha value is -2.50. The zero-order valence-corrected chi connectivity index (χ0v) is 18.6. The summed E-state index contributed by atoms with van der Waals surface area (Å²) in [5, 5.41) is 0. The van der Waals surface area contributed by atoms with Crippen LogP contribution in [0.25, 0.3) is 0 Å². The van der Waals surface area contributed by atoms with E-state index in [0.29, 0.717) is 11.4 Å². The van der Waals surface area contributed by atoms with Gasteiger partial charge < -0.3 is 4.42 Å². The van der Waals surface area contributed by atoms with Crippen LogP contribution < -0.4 is 4.90 Å². The Balaban J connectivity index is 1.73. The zero-order valence-electron chi connectivity index (χ0n) is 15.6. The van der Waals surface area contributed by atoms with Gasteiger partial charge in [-0.1, -0.05) is 18.2 Å². The van der Waals surface area contributed by atoms with Gasteiger partial charge in [-0.2, -0.15) is 4.31 Å². The molecule has 1 aliphatic heterocycles. The van der Waals surface area contributed by atoms with Crippen molar-refractivity contribution < 1.29 is 22.4 Å². The summed E-state index contributed by atoms with van der Waals surface area (Å²) >= 11 is 2.13. The van der Waals surface area contributed by atoms with Gasteiger partial charge in [0.2, 0.25) is 15.9 Å². The van der Waals surface area contributed by atoms with Gasteiger partial charge >= 0.3 is 0 Å². The minimum atomic E-state index is -4.06. The molecule has 30 heavy (non-hydrogen) atoms. The van der Waals surface area contributed by atoms with E-state index in [1.807, 2.05) is 0 Å². The van der Waals surface area contributed by atoms with E-state index >= 15 is 0 Å². The Kier molecular flexibility index (Phi) is 5.76. The fourth-order valence-electron chi connectivity index (χ4n) is 3.35. The van der Waals surface area contributed by atoms with Crippen molar-refractivity contribution in [1.82, 2.24) is 4.31 Å². The maximum atomic E-state index is 13.4. The van der Waals surface area contributed by atoms with Crippen LogP contribution in [0.3, 0.4) is 0 Å². The van der Waals surface area contributed by atoms with Crippen LogP contribution in [0.4, 0.5) is 5.69 Å². The Bertz CT molecular complexity index is 1160. The summed E-state index contributed by atoms with van der Waals surface area (Å²) in [4.78, 5) is 27.0. The van der Waals surface area contributed by atoms with E-state index in [2.05, 4.69) is 22.6 Å². The number of carbonyl (C=O) groups excluding carboxylic acids is 2. The number of rotatable bonds is 6. The van der Waals surface area contributed by atoms with Gasteiger partial charge in [0, 0.05) is 3.57 Å². The van der Waals surface area contributed by atoms with Crippen molar-refractivity contribution in [1.29, 1.82) is 0 Å². The van der Waals surface area contributed by atoms with Crippen LogP contribution in [0.1, 0.15) is 12.2 Å². The Morgan fingerprint density at radius 3 is 2.33 bits per heavy atom. The molecule has 4 rings (SSSR count). The first kappa shape index (κ1) is 20.8. The number of hydrogen-bond donors (Lipinski definition) is 0. The van der Waals surface area contributed by atoms with Crippen LogP contribution in [0, 0.1) is 3.57 Å². The number of benzene rings is 2. The first-order valence-electron chi connectivity index (χ1n) is 9.09. The maximum Gasteiger partial charge on any atom is 0.252 e. The first-order chi connectivity index (χ1) is 14.4. The normalized spacial score (nSPS) is 17.1. The highest BCUT2D eigenvalue weighted by atomic mass is 127. The topological polar surface area (TPSA) is 87.9 Å². The minimum Gasteiger partial charge on any atom is -0.468 e. The molecular formula is C21H17IN2O5S. The Labute approximate surface area is 187 Å². The predicted octanol–water partition coefficient (Wildman–Crippen LogP) is 3.41. The number of imide groups is 1. The number of halogens is 1. The lowest BCUT2D eigenvalue weighted by molar-refractivity contribution is -0.122. The second kappa shape index (κ2) is 8.32. The van der Waals surface area contributed by atoms with Gasteiger partial charge in [-0.15, -0.1) is 0 Å². The van der Waals surface area contributed by atoms with E-state index < -0.39 is 27.9 Å². The zero-order chi connectivity index (χ0) is 21.3. The largest absolute Gasteiger partial charge is 0.468 e. The molecule has 2 amide bonds. The monoisotopic (exact) mass is 536 g/mol. The average Bonchev–Trinajstić information content (AvgIpc) is 3.35. The molecule has 1 aliphatic rings. The van der Waals surface area contributed by atoms with Gasteiger partial charge in [0.15, 0.2) is 0 Å². The van der Waals surface area contributed by atoms with Crippen LogP contribution in [0.15, 0.2) is 82.3 Å². The molecular weight excluding hydrogens is 519 g/mol. The standard InChI is InChI=1S/C21H17IN2O5S/c22-15-8-10-16(11-9-15)24-20(25)13-19(21(24)26)23(14-17-5-4-12-29-17)30(27,28)18-6-2-1-3-7-18/h1-12,19H,13-14H2. The van der Waals surface area contributed by atoms with Gasteiger partial charge in [-0.25, -0.2) is 13.3 Å². The van der Waals surface area contributed by atoms with E-state index in [1.54, 1.807) is 54.6 Å². The summed E-state index contributed by atoms with van der Waals surface area (Å²) in [6, 6.07) is 16.9. The van der Waals surface area contributed by atoms with Gasteiger partial charge in [-0.05, 0) is 71.1 Å². The van der Waals surface area contributed by atoms with E-state index in [4.69, 9.17) is 4.42 Å². The van der Waals surface area contributed by atoms with E-state index in [9.17, 15) is 18.0 Å². The van der Waals surface area contributed by atoms with Crippen LogP contribution in [0.5, 0.6) is 0 Å². The lowest BCUT2D eigenvalue weighted by Gasteiger charge is -2.26. The second-order valence-electron chi connectivity index (χ2n) is 6.71. The Morgan fingerprint density at radius 2 is 1.70 bits per heavy atom. The molecule has 7 nitrogen and oxygen atoms in total. The van der Waals surface area contributed by atoms with E-state index in [1.165, 1.54) is 18.4 Å². The highest BCUT2D eigenvalue weighted by Crippen LogP contribution is 2.31. The molecule has 0 radical (unpaired) electrons. The molecule has 1 unspecified atom stereocenters. The quantitative estimate of drug-likeness (QED) is 0.356. The summed E-state index contributed by atoms with van der Waals surface area (Å²) in [6.45, 7) is -0.158.